The van der Waals surface area contributed by atoms with Gasteiger partial charge in [-0.05, 0) is 61.4 Å². The summed E-state index contributed by atoms with van der Waals surface area (Å²) in [7, 11) is 4.83. The predicted octanol–water partition coefficient (Wildman–Crippen LogP) is 4.22. The number of aryl methyl sites for hydroxylation is 1. The van der Waals surface area contributed by atoms with Gasteiger partial charge in [-0.2, -0.15) is 0 Å². The van der Waals surface area contributed by atoms with Crippen molar-refractivity contribution < 1.29 is 9.47 Å². The van der Waals surface area contributed by atoms with E-state index in [1.165, 1.54) is 7.05 Å². The van der Waals surface area contributed by atoms with Crippen molar-refractivity contribution in [1.29, 1.82) is 0 Å². The zero-order chi connectivity index (χ0) is 24.4. The molecule has 34 heavy (non-hydrogen) atoms. The van der Waals surface area contributed by atoms with Crippen LogP contribution in [-0.4, -0.2) is 27.4 Å². The van der Waals surface area contributed by atoms with Gasteiger partial charge in [0, 0.05) is 19.1 Å². The molecule has 3 heterocycles. The van der Waals surface area contributed by atoms with Crippen LogP contribution in [-0.2, 0) is 24.4 Å². The number of nitrogens with zero attached hydrogens (tertiary/aromatic N) is 3. The van der Waals surface area contributed by atoms with Gasteiger partial charge in [0.15, 0.2) is 0 Å². The molecule has 0 saturated heterocycles. The van der Waals surface area contributed by atoms with Crippen LogP contribution < -0.4 is 16.0 Å². The van der Waals surface area contributed by atoms with E-state index in [-0.39, 0.29) is 11.2 Å². The first-order valence-electron chi connectivity index (χ1n) is 11.0. The maximum absolute atomic E-state index is 13.6. The van der Waals surface area contributed by atoms with Gasteiger partial charge < -0.3 is 14.0 Å². The summed E-state index contributed by atoms with van der Waals surface area (Å²) >= 11 is 6.14. The van der Waals surface area contributed by atoms with Crippen LogP contribution in [0.4, 0.5) is 0 Å². The second-order valence-electron chi connectivity index (χ2n) is 9.28. The first kappa shape index (κ1) is 22.5. The van der Waals surface area contributed by atoms with Crippen molar-refractivity contribution in [2.75, 3.05) is 13.7 Å². The van der Waals surface area contributed by atoms with Crippen molar-refractivity contribution in [3.63, 3.8) is 0 Å². The van der Waals surface area contributed by atoms with E-state index in [1.807, 2.05) is 48.5 Å². The van der Waals surface area contributed by atoms with E-state index < -0.39 is 11.6 Å². The predicted molar refractivity (Wildman–Crippen MR) is 133 cm³/mol. The molecule has 176 valence electrons. The van der Waals surface area contributed by atoms with Crippen molar-refractivity contribution in [1.82, 2.24) is 13.7 Å². The number of benzene rings is 2. The lowest BCUT2D eigenvalue weighted by Gasteiger charge is -2.39. The topological polar surface area (TPSA) is 67.4 Å². The number of fused-ring (bicyclic) bond motifs is 3. The van der Waals surface area contributed by atoms with Crippen molar-refractivity contribution >= 4 is 22.5 Å². The van der Waals surface area contributed by atoms with Gasteiger partial charge in [0.05, 0.1) is 41.5 Å². The molecule has 0 N–H and O–H groups in total. The van der Waals surface area contributed by atoms with Gasteiger partial charge in [0.2, 0.25) is 0 Å². The molecule has 0 aliphatic carbocycles. The highest BCUT2D eigenvalue weighted by Gasteiger charge is 2.40. The lowest BCUT2D eigenvalue weighted by molar-refractivity contribution is -0.00707. The van der Waals surface area contributed by atoms with E-state index in [2.05, 4.69) is 18.4 Å². The fraction of sp³-hybridized carbons (Fsp3) is 0.308. The van der Waals surface area contributed by atoms with Crippen LogP contribution >= 0.6 is 11.6 Å². The average Bonchev–Trinajstić information content (AvgIpc) is 3.20. The monoisotopic (exact) mass is 479 g/mol. The summed E-state index contributed by atoms with van der Waals surface area (Å²) in [6.45, 7) is 4.57. The number of hydrogen-bond donors (Lipinski definition) is 0. The molecule has 1 aliphatic rings. The molecule has 4 aromatic rings. The van der Waals surface area contributed by atoms with Gasteiger partial charge in [0.1, 0.15) is 11.9 Å². The average molecular weight is 480 g/mol. The molecule has 0 spiro atoms. The summed E-state index contributed by atoms with van der Waals surface area (Å²) in [4.78, 5) is 26.6. The van der Waals surface area contributed by atoms with Gasteiger partial charge >= 0.3 is 5.69 Å². The van der Waals surface area contributed by atoms with Crippen molar-refractivity contribution in [2.24, 2.45) is 14.1 Å². The minimum atomic E-state index is -0.479. The first-order valence-corrected chi connectivity index (χ1v) is 11.4. The summed E-state index contributed by atoms with van der Waals surface area (Å²) in [6, 6.07) is 15.1. The molecule has 0 fully saturated rings. The largest absolute Gasteiger partial charge is 0.497 e. The van der Waals surface area contributed by atoms with Crippen molar-refractivity contribution in [3.8, 4) is 17.0 Å². The first-order chi connectivity index (χ1) is 16.2. The minimum Gasteiger partial charge on any atom is -0.497 e. The SMILES string of the molecule is COc1ccc(-c2c3c(=O)n(C)c(=O)n(C)c3c3n2C(C)(C)CO[C@@H]3c2ccc(Cl)cc2)cc1. The van der Waals surface area contributed by atoms with Gasteiger partial charge in [-0.3, -0.25) is 13.9 Å². The molecular formula is C26H26ClN3O4. The van der Waals surface area contributed by atoms with E-state index >= 15 is 0 Å². The van der Waals surface area contributed by atoms with Crippen LogP contribution in [0, 0.1) is 0 Å². The third-order valence-electron chi connectivity index (χ3n) is 6.60. The van der Waals surface area contributed by atoms with Gasteiger partial charge in [-0.25, -0.2) is 4.79 Å². The number of ether oxygens (including phenoxy) is 2. The Morgan fingerprint density at radius 3 is 2.26 bits per heavy atom. The number of aromatic nitrogens is 3. The number of halogens is 1. The van der Waals surface area contributed by atoms with E-state index in [4.69, 9.17) is 21.1 Å². The molecular weight excluding hydrogens is 454 g/mol. The summed E-state index contributed by atoms with van der Waals surface area (Å²) < 4.78 is 16.6. The standard InChI is InChI=1S/C26H26ClN3O4/c1-26(2)14-34-23(16-6-10-17(27)11-7-16)22-21-19(24(31)29(4)25(32)28(21)3)20(30(22)26)15-8-12-18(33-5)13-9-15/h6-13,23H,14H2,1-5H3/t23-/m1/s1. The molecule has 0 unspecified atom stereocenters. The molecule has 7 nitrogen and oxygen atoms in total. The fourth-order valence-electron chi connectivity index (χ4n) is 4.91. The van der Waals surface area contributed by atoms with Gasteiger partial charge in [-0.1, -0.05) is 23.7 Å². The third kappa shape index (κ3) is 3.22. The molecule has 0 amide bonds. The Balaban J connectivity index is 1.97. The number of rotatable bonds is 3. The zero-order valence-corrected chi connectivity index (χ0v) is 20.5. The van der Waals surface area contributed by atoms with E-state index in [0.717, 1.165) is 32.8 Å². The molecule has 0 saturated carbocycles. The Kier molecular flexibility index (Phi) is 5.22. The maximum atomic E-state index is 13.6. The Labute approximate surface area is 201 Å². The summed E-state index contributed by atoms with van der Waals surface area (Å²) in [5, 5.41) is 1.11. The van der Waals surface area contributed by atoms with Crippen molar-refractivity contribution in [3.05, 3.63) is 85.6 Å². The fourth-order valence-corrected chi connectivity index (χ4v) is 5.04. The van der Waals surface area contributed by atoms with Crippen LogP contribution in [0.1, 0.15) is 31.2 Å². The van der Waals surface area contributed by atoms with Gasteiger partial charge in [-0.15, -0.1) is 0 Å². The lowest BCUT2D eigenvalue weighted by Crippen LogP contribution is -2.40. The van der Waals surface area contributed by atoms with Crippen LogP contribution in [0.25, 0.3) is 22.2 Å². The normalized spacial score (nSPS) is 17.1. The van der Waals surface area contributed by atoms with Crippen LogP contribution in [0.2, 0.25) is 5.02 Å². The second kappa shape index (κ2) is 7.89. The molecule has 8 heteroatoms. The highest BCUT2D eigenvalue weighted by molar-refractivity contribution is 6.30. The molecule has 2 aromatic heterocycles. The molecule has 1 atom stereocenters. The highest BCUT2D eigenvalue weighted by Crippen LogP contribution is 2.45. The summed E-state index contributed by atoms with van der Waals surface area (Å²) in [5.41, 5.74) is 2.67. The van der Waals surface area contributed by atoms with Crippen LogP contribution in [0.15, 0.2) is 58.1 Å². The molecule has 5 rings (SSSR count). The Morgan fingerprint density at radius 2 is 1.65 bits per heavy atom. The second-order valence-corrected chi connectivity index (χ2v) is 9.72. The van der Waals surface area contributed by atoms with Crippen LogP contribution in [0.5, 0.6) is 5.75 Å². The lowest BCUT2D eigenvalue weighted by atomic mass is 9.98. The molecule has 1 aliphatic heterocycles. The molecule has 0 radical (unpaired) electrons. The highest BCUT2D eigenvalue weighted by atomic mass is 35.5. The summed E-state index contributed by atoms with van der Waals surface area (Å²) in [5.74, 6) is 0.723. The van der Waals surface area contributed by atoms with Crippen LogP contribution in [0.3, 0.4) is 0 Å². The van der Waals surface area contributed by atoms with Gasteiger partial charge in [0.25, 0.3) is 5.56 Å². The smallest absolute Gasteiger partial charge is 0.331 e. The number of hydrogen-bond acceptors (Lipinski definition) is 4. The maximum Gasteiger partial charge on any atom is 0.331 e. The van der Waals surface area contributed by atoms with E-state index in [9.17, 15) is 9.59 Å². The van der Waals surface area contributed by atoms with E-state index in [0.29, 0.717) is 22.5 Å². The Bertz CT molecular complexity index is 1530. The third-order valence-corrected chi connectivity index (χ3v) is 6.85. The molecule has 0 bridgehead atoms. The van der Waals surface area contributed by atoms with Crippen molar-refractivity contribution in [2.45, 2.75) is 25.5 Å². The van der Waals surface area contributed by atoms with E-state index in [1.54, 1.807) is 18.7 Å². The zero-order valence-electron chi connectivity index (χ0n) is 19.8. The number of methoxy groups -OCH3 is 1. The Morgan fingerprint density at radius 1 is 1.00 bits per heavy atom. The quantitative estimate of drug-likeness (QED) is 0.441. The minimum absolute atomic E-state index is 0.337. The molecule has 2 aromatic carbocycles. The Hall–Kier alpha value is -3.29. The summed E-state index contributed by atoms with van der Waals surface area (Å²) in [6.07, 6.45) is -0.475.